The molecule has 1 aliphatic heterocycles. The van der Waals surface area contributed by atoms with Crippen molar-refractivity contribution in [1.29, 1.82) is 0 Å². The summed E-state index contributed by atoms with van der Waals surface area (Å²) in [5, 5.41) is 4.84. The van der Waals surface area contributed by atoms with Crippen LogP contribution in [0.5, 0.6) is 0 Å². The molecule has 112 valence electrons. The van der Waals surface area contributed by atoms with E-state index in [1.807, 2.05) is 0 Å². The number of aryl methyl sites for hydroxylation is 2. The number of hydrogen-bond acceptors (Lipinski definition) is 3. The lowest BCUT2D eigenvalue weighted by molar-refractivity contribution is 0.447. The summed E-state index contributed by atoms with van der Waals surface area (Å²) in [6.45, 7) is 5.11. The summed E-state index contributed by atoms with van der Waals surface area (Å²) >= 11 is 0. The molecule has 0 fully saturated rings. The van der Waals surface area contributed by atoms with E-state index in [0.717, 1.165) is 38.4 Å². The third-order valence-electron chi connectivity index (χ3n) is 4.18. The van der Waals surface area contributed by atoms with E-state index in [9.17, 15) is 0 Å². The molecule has 0 saturated carbocycles. The molecular weight excluding hydrogens is 260 g/mol. The molecular formula is C17H24N4. The Morgan fingerprint density at radius 2 is 2.14 bits per heavy atom. The first-order valence-electron chi connectivity index (χ1n) is 7.69. The van der Waals surface area contributed by atoms with Crippen LogP contribution in [-0.4, -0.2) is 42.1 Å². The molecule has 0 amide bonds. The van der Waals surface area contributed by atoms with Crippen LogP contribution < -0.4 is 5.32 Å². The van der Waals surface area contributed by atoms with E-state index in [2.05, 4.69) is 65.2 Å². The summed E-state index contributed by atoms with van der Waals surface area (Å²) in [4.78, 5) is 6.75. The summed E-state index contributed by atoms with van der Waals surface area (Å²) in [6, 6.07) is 6.69. The lowest BCUT2D eigenvalue weighted by Gasteiger charge is -2.25. The first-order chi connectivity index (χ1) is 10.1. The normalized spacial score (nSPS) is 15.4. The Balaban J connectivity index is 1.70. The first kappa shape index (κ1) is 14.0. The van der Waals surface area contributed by atoms with Gasteiger partial charge < -0.3 is 14.8 Å². The van der Waals surface area contributed by atoms with Crippen molar-refractivity contribution in [2.45, 2.75) is 19.8 Å². The molecule has 1 N–H and O–H groups in total. The number of hydrogen-bond donors (Lipinski definition) is 1. The number of rotatable bonds is 3. The smallest absolute Gasteiger partial charge is 0.193 e. The van der Waals surface area contributed by atoms with Gasteiger partial charge in [-0.15, -0.1) is 0 Å². The second-order valence-corrected chi connectivity index (χ2v) is 5.94. The number of benzene rings is 1. The van der Waals surface area contributed by atoms with Gasteiger partial charge in [0.2, 0.25) is 0 Å². The van der Waals surface area contributed by atoms with E-state index in [0.29, 0.717) is 0 Å². The van der Waals surface area contributed by atoms with Gasteiger partial charge in [0.25, 0.3) is 0 Å². The van der Waals surface area contributed by atoms with E-state index in [-0.39, 0.29) is 0 Å². The molecule has 1 aliphatic rings. The van der Waals surface area contributed by atoms with E-state index in [1.165, 1.54) is 22.0 Å². The predicted octanol–water partition coefficient (Wildman–Crippen LogP) is 2.31. The maximum absolute atomic E-state index is 4.55. The fraction of sp³-hybridized carbons (Fsp3) is 0.471. The summed E-state index contributed by atoms with van der Waals surface area (Å²) in [5.74, 6) is 1.04. The number of nitrogens with one attached hydrogen (secondary N) is 1. The third kappa shape index (κ3) is 2.89. The predicted molar refractivity (Wildman–Crippen MR) is 88.9 cm³/mol. The number of guanidine groups is 1. The Morgan fingerprint density at radius 1 is 1.29 bits per heavy atom. The van der Waals surface area contributed by atoms with E-state index >= 15 is 0 Å². The molecule has 0 bridgehead atoms. The monoisotopic (exact) mass is 284 g/mol. The second-order valence-electron chi connectivity index (χ2n) is 5.94. The Hall–Kier alpha value is -1.97. The zero-order valence-electron chi connectivity index (χ0n) is 13.2. The molecule has 0 aliphatic carbocycles. The second kappa shape index (κ2) is 5.80. The zero-order valence-corrected chi connectivity index (χ0v) is 13.2. The lowest BCUT2D eigenvalue weighted by atomic mass is 10.1. The van der Waals surface area contributed by atoms with E-state index in [4.69, 9.17) is 0 Å². The van der Waals surface area contributed by atoms with Crippen LogP contribution in [0.2, 0.25) is 0 Å². The van der Waals surface area contributed by atoms with Crippen molar-refractivity contribution in [3.63, 3.8) is 0 Å². The van der Waals surface area contributed by atoms with Crippen LogP contribution in [0.25, 0.3) is 10.9 Å². The van der Waals surface area contributed by atoms with Crippen molar-refractivity contribution in [3.05, 3.63) is 35.5 Å². The quantitative estimate of drug-likeness (QED) is 0.938. The van der Waals surface area contributed by atoms with Gasteiger partial charge in [0, 0.05) is 50.8 Å². The number of fused-ring (bicyclic) bond motifs is 1. The molecule has 2 aromatic rings. The molecule has 2 heterocycles. The standard InChI is InChI=1S/C17H24N4/c1-13-5-6-15-14(12-21(3)16(15)11-13)7-9-19-17-18-8-4-10-20(17)2/h5-6,11-12H,4,7-10H2,1-3H3,(H,18,19). The third-order valence-corrected chi connectivity index (χ3v) is 4.18. The van der Waals surface area contributed by atoms with Crippen molar-refractivity contribution in [2.75, 3.05) is 26.7 Å². The van der Waals surface area contributed by atoms with Gasteiger partial charge in [-0.2, -0.15) is 0 Å². The van der Waals surface area contributed by atoms with Crippen LogP contribution >= 0.6 is 0 Å². The number of nitrogens with zero attached hydrogens (tertiary/aromatic N) is 3. The van der Waals surface area contributed by atoms with Crippen LogP contribution in [-0.2, 0) is 13.5 Å². The van der Waals surface area contributed by atoms with Gasteiger partial charge in [-0.25, -0.2) is 0 Å². The van der Waals surface area contributed by atoms with Gasteiger partial charge in [-0.3, -0.25) is 4.99 Å². The van der Waals surface area contributed by atoms with E-state index < -0.39 is 0 Å². The molecule has 0 saturated heterocycles. The molecule has 21 heavy (non-hydrogen) atoms. The Bertz CT molecular complexity index is 669. The number of aromatic nitrogens is 1. The molecule has 4 heteroatoms. The van der Waals surface area contributed by atoms with Crippen molar-refractivity contribution in [2.24, 2.45) is 12.0 Å². The molecule has 4 nitrogen and oxygen atoms in total. The maximum atomic E-state index is 4.55. The van der Waals surface area contributed by atoms with E-state index in [1.54, 1.807) is 0 Å². The molecule has 0 unspecified atom stereocenters. The van der Waals surface area contributed by atoms with Crippen LogP contribution in [0.15, 0.2) is 29.4 Å². The van der Waals surface area contributed by atoms with Crippen LogP contribution in [0.3, 0.4) is 0 Å². The molecule has 0 spiro atoms. The summed E-state index contributed by atoms with van der Waals surface area (Å²) in [5.41, 5.74) is 4.03. The van der Waals surface area contributed by atoms with Crippen molar-refractivity contribution >= 4 is 16.9 Å². The minimum absolute atomic E-state index is 0.927. The fourth-order valence-corrected chi connectivity index (χ4v) is 3.00. The highest BCUT2D eigenvalue weighted by molar-refractivity contribution is 5.85. The zero-order chi connectivity index (χ0) is 14.8. The topological polar surface area (TPSA) is 32.6 Å². The first-order valence-corrected chi connectivity index (χ1v) is 7.69. The SMILES string of the molecule is Cc1ccc2c(CCNC3=NCCCN3C)cn(C)c2c1. The van der Waals surface area contributed by atoms with Crippen molar-refractivity contribution in [3.8, 4) is 0 Å². The summed E-state index contributed by atoms with van der Waals surface area (Å²) < 4.78 is 2.22. The summed E-state index contributed by atoms with van der Waals surface area (Å²) in [7, 11) is 4.23. The van der Waals surface area contributed by atoms with Gasteiger partial charge >= 0.3 is 0 Å². The van der Waals surface area contributed by atoms with Crippen molar-refractivity contribution < 1.29 is 0 Å². The van der Waals surface area contributed by atoms with Gasteiger partial charge in [-0.1, -0.05) is 12.1 Å². The van der Waals surface area contributed by atoms with Gasteiger partial charge in [-0.05, 0) is 37.0 Å². The average Bonchev–Trinajstić information content (AvgIpc) is 2.77. The van der Waals surface area contributed by atoms with Gasteiger partial charge in [0.15, 0.2) is 5.96 Å². The fourth-order valence-electron chi connectivity index (χ4n) is 3.00. The molecule has 1 aromatic carbocycles. The lowest BCUT2D eigenvalue weighted by Crippen LogP contribution is -2.42. The number of aliphatic imine (C=N–C) groups is 1. The molecule has 0 atom stereocenters. The Kier molecular flexibility index (Phi) is 3.86. The highest BCUT2D eigenvalue weighted by atomic mass is 15.3. The van der Waals surface area contributed by atoms with Crippen LogP contribution in [0.1, 0.15) is 17.5 Å². The van der Waals surface area contributed by atoms with Crippen molar-refractivity contribution in [1.82, 2.24) is 14.8 Å². The molecule has 0 radical (unpaired) electrons. The Morgan fingerprint density at radius 3 is 2.95 bits per heavy atom. The highest BCUT2D eigenvalue weighted by Gasteiger charge is 2.11. The Labute approximate surface area is 126 Å². The average molecular weight is 284 g/mol. The van der Waals surface area contributed by atoms with Crippen LogP contribution in [0, 0.1) is 6.92 Å². The molecule has 3 rings (SSSR count). The minimum Gasteiger partial charge on any atom is -0.356 e. The summed E-state index contributed by atoms with van der Waals surface area (Å²) in [6.07, 6.45) is 4.43. The minimum atomic E-state index is 0.927. The van der Waals surface area contributed by atoms with Gasteiger partial charge in [0.1, 0.15) is 0 Å². The molecule has 1 aromatic heterocycles. The van der Waals surface area contributed by atoms with Crippen LogP contribution in [0.4, 0.5) is 0 Å². The largest absolute Gasteiger partial charge is 0.356 e. The highest BCUT2D eigenvalue weighted by Crippen LogP contribution is 2.22. The van der Waals surface area contributed by atoms with Gasteiger partial charge in [0.05, 0.1) is 0 Å². The maximum Gasteiger partial charge on any atom is 0.193 e.